The summed E-state index contributed by atoms with van der Waals surface area (Å²) in [5.74, 6) is -2.39. The fourth-order valence-electron chi connectivity index (χ4n) is 5.64. The summed E-state index contributed by atoms with van der Waals surface area (Å²) in [6.07, 6.45) is 3.85. The number of piperidine rings is 1. The van der Waals surface area contributed by atoms with Crippen LogP contribution in [-0.2, 0) is 30.3 Å². The smallest absolute Gasteiger partial charge is 0.342 e. The standard InChI is InChI=1S/C33H45N3O12S/c1-19-7-5-8-21(34-26(40)18-49-33-31(44)30(43)29(42)25(16-37)48-33)9-6-10-22(35-46-17-27(41)36-11-3-2-4-12-36)13-20-14-23(38)15-24(39)28(20)32(45)47-19/h5-6,8,10,14-15,19,21,25,29-31,33,37-39,42-44H,2-4,7,9,11-13,16-18H2,1H3,(H,34,40)/b8-5+,10-6+,35-22+/t19-,21+,25?,29-,30?,31+,33+/m1/s1. The number of thioether (sulfide) groups is 1. The third-order valence-electron chi connectivity index (χ3n) is 8.26. The maximum Gasteiger partial charge on any atom is 0.342 e. The molecule has 0 saturated carbocycles. The van der Waals surface area contributed by atoms with Crippen molar-refractivity contribution in [3.05, 3.63) is 47.6 Å². The third-order valence-corrected chi connectivity index (χ3v) is 9.40. The van der Waals surface area contributed by atoms with Gasteiger partial charge in [0.1, 0.15) is 53.0 Å². The highest BCUT2D eigenvalue weighted by Crippen LogP contribution is 2.30. The number of ether oxygens (including phenoxy) is 2. The summed E-state index contributed by atoms with van der Waals surface area (Å²) >= 11 is 0.900. The Hall–Kier alpha value is -3.67. The van der Waals surface area contributed by atoms with Crippen LogP contribution in [0.15, 0.2) is 41.6 Å². The first-order chi connectivity index (χ1) is 23.5. The van der Waals surface area contributed by atoms with Gasteiger partial charge in [0.25, 0.3) is 5.91 Å². The molecule has 2 fully saturated rings. The number of benzene rings is 1. The third kappa shape index (κ3) is 10.9. The summed E-state index contributed by atoms with van der Waals surface area (Å²) in [7, 11) is 0. The molecule has 2 unspecified atom stereocenters. The number of aromatic hydroxyl groups is 2. The molecule has 3 aliphatic rings. The summed E-state index contributed by atoms with van der Waals surface area (Å²) in [5, 5.41) is 67.6. The van der Waals surface area contributed by atoms with Gasteiger partial charge >= 0.3 is 5.97 Å². The number of aliphatic hydroxyl groups is 4. The lowest BCUT2D eigenvalue weighted by Gasteiger charge is -2.39. The molecule has 0 bridgehead atoms. The molecule has 3 aliphatic heterocycles. The van der Waals surface area contributed by atoms with Crippen LogP contribution in [0.25, 0.3) is 0 Å². The largest absolute Gasteiger partial charge is 0.508 e. The number of cyclic esters (lactones) is 1. The second-order valence-electron chi connectivity index (χ2n) is 12.2. The Morgan fingerprint density at radius 1 is 1.06 bits per heavy atom. The van der Waals surface area contributed by atoms with Gasteiger partial charge in [0.05, 0.1) is 24.1 Å². The van der Waals surface area contributed by atoms with E-state index in [4.69, 9.17) is 14.3 Å². The number of phenolic OH excluding ortho intramolecular Hbond substituents is 2. The van der Waals surface area contributed by atoms with Crippen molar-refractivity contribution in [2.45, 2.75) is 87.4 Å². The molecule has 2 saturated heterocycles. The average Bonchev–Trinajstić information content (AvgIpc) is 3.06. The molecule has 2 amide bonds. The van der Waals surface area contributed by atoms with Crippen molar-refractivity contribution < 1.29 is 59.3 Å². The highest BCUT2D eigenvalue weighted by Gasteiger charge is 2.43. The lowest BCUT2D eigenvalue weighted by Crippen LogP contribution is -2.57. The van der Waals surface area contributed by atoms with E-state index < -0.39 is 66.2 Å². The molecule has 4 rings (SSSR count). The van der Waals surface area contributed by atoms with Crippen LogP contribution in [-0.4, -0.2) is 133 Å². The van der Waals surface area contributed by atoms with E-state index in [1.807, 2.05) is 0 Å². The number of esters is 1. The molecule has 1 aromatic carbocycles. The molecule has 1 aromatic rings. The molecular formula is C33H45N3O12S. The normalized spacial score (nSPS) is 30.4. The van der Waals surface area contributed by atoms with Crippen LogP contribution in [0.2, 0.25) is 0 Å². The zero-order valence-corrected chi connectivity index (χ0v) is 28.0. The summed E-state index contributed by atoms with van der Waals surface area (Å²) in [4.78, 5) is 45.9. The molecule has 270 valence electrons. The Morgan fingerprint density at radius 2 is 1.82 bits per heavy atom. The highest BCUT2D eigenvalue weighted by atomic mass is 32.2. The molecule has 16 heteroatoms. The van der Waals surface area contributed by atoms with Crippen molar-refractivity contribution in [3.63, 3.8) is 0 Å². The molecule has 7 atom stereocenters. The van der Waals surface area contributed by atoms with E-state index in [1.165, 1.54) is 6.07 Å². The molecular weight excluding hydrogens is 662 g/mol. The minimum absolute atomic E-state index is 0.0855. The van der Waals surface area contributed by atoms with Gasteiger partial charge in [-0.05, 0) is 50.3 Å². The second-order valence-corrected chi connectivity index (χ2v) is 13.3. The highest BCUT2D eigenvalue weighted by molar-refractivity contribution is 8.00. The lowest BCUT2D eigenvalue weighted by molar-refractivity contribution is -0.205. The zero-order chi connectivity index (χ0) is 35.5. The number of nitrogens with one attached hydrogen (secondary N) is 1. The minimum Gasteiger partial charge on any atom is -0.508 e. The second kappa shape index (κ2) is 18.4. The first kappa shape index (κ1) is 38.1. The molecule has 0 aromatic heterocycles. The van der Waals surface area contributed by atoms with E-state index in [9.17, 15) is 45.0 Å². The van der Waals surface area contributed by atoms with E-state index in [-0.39, 0.29) is 60.1 Å². The zero-order valence-electron chi connectivity index (χ0n) is 27.2. The van der Waals surface area contributed by atoms with Gasteiger partial charge in [-0.2, -0.15) is 0 Å². The van der Waals surface area contributed by atoms with Crippen molar-refractivity contribution in [1.82, 2.24) is 10.2 Å². The molecule has 0 aliphatic carbocycles. The number of carbonyl (C=O) groups is 3. The van der Waals surface area contributed by atoms with Crippen molar-refractivity contribution in [2.24, 2.45) is 5.16 Å². The predicted molar refractivity (Wildman–Crippen MR) is 178 cm³/mol. The van der Waals surface area contributed by atoms with Crippen LogP contribution in [0.1, 0.15) is 54.9 Å². The summed E-state index contributed by atoms with van der Waals surface area (Å²) in [6, 6.07) is 1.80. The number of allylic oxidation sites excluding steroid dienone is 1. The molecule has 3 heterocycles. The number of fused-ring (bicyclic) bond motifs is 1. The van der Waals surface area contributed by atoms with Crippen LogP contribution in [0.5, 0.6) is 11.5 Å². The lowest BCUT2D eigenvalue weighted by atomic mass is 9.99. The quantitative estimate of drug-likeness (QED) is 0.111. The molecule has 7 N–H and O–H groups in total. The topological polar surface area (TPSA) is 228 Å². The molecule has 0 spiro atoms. The van der Waals surface area contributed by atoms with E-state index in [1.54, 1.807) is 36.1 Å². The molecule has 0 radical (unpaired) electrons. The number of nitrogens with zero attached hydrogens (tertiary/aromatic N) is 2. The summed E-state index contributed by atoms with van der Waals surface area (Å²) in [5.41, 5.74) is -0.744. The summed E-state index contributed by atoms with van der Waals surface area (Å²) < 4.78 is 11.0. The van der Waals surface area contributed by atoms with Crippen LogP contribution in [0, 0.1) is 0 Å². The first-order valence-corrected chi connectivity index (χ1v) is 17.3. The van der Waals surface area contributed by atoms with Crippen molar-refractivity contribution in [2.75, 3.05) is 32.1 Å². The number of hydrogen-bond acceptors (Lipinski definition) is 14. The van der Waals surface area contributed by atoms with E-state index in [2.05, 4.69) is 10.5 Å². The van der Waals surface area contributed by atoms with Crippen LogP contribution < -0.4 is 5.32 Å². The van der Waals surface area contributed by atoms with Crippen molar-refractivity contribution in [1.29, 1.82) is 0 Å². The maximum absolute atomic E-state index is 13.2. The molecule has 15 nitrogen and oxygen atoms in total. The number of hydrogen-bond donors (Lipinski definition) is 7. The SMILES string of the molecule is C[C@@H]1C/C=C/[C@H](NC(=O)CS[C@@H]2OC(CO)[C@@H](O)C(O)[C@@H]2O)C/C=C/C(=N\OCC(=O)N2CCCCC2)Cc2cc(O)cc(O)c2C(=O)O1. The van der Waals surface area contributed by atoms with Gasteiger partial charge < -0.3 is 55.2 Å². The van der Waals surface area contributed by atoms with Crippen molar-refractivity contribution >= 4 is 35.3 Å². The number of amides is 2. The van der Waals surface area contributed by atoms with Gasteiger partial charge in [0, 0.05) is 32.0 Å². The first-order valence-electron chi connectivity index (χ1n) is 16.2. The van der Waals surface area contributed by atoms with E-state index >= 15 is 0 Å². The van der Waals surface area contributed by atoms with E-state index in [0.717, 1.165) is 37.1 Å². The van der Waals surface area contributed by atoms with Gasteiger partial charge in [-0.3, -0.25) is 9.59 Å². The van der Waals surface area contributed by atoms with Gasteiger partial charge in [-0.15, -0.1) is 11.8 Å². The predicted octanol–water partition coefficient (Wildman–Crippen LogP) is 0.495. The Bertz CT molecular complexity index is 1400. The Labute approximate surface area is 288 Å². The van der Waals surface area contributed by atoms with Crippen LogP contribution in [0.4, 0.5) is 0 Å². The van der Waals surface area contributed by atoms with Crippen molar-refractivity contribution in [3.8, 4) is 11.5 Å². The van der Waals surface area contributed by atoms with Gasteiger partial charge in [0.2, 0.25) is 5.91 Å². The number of aliphatic hydroxyl groups excluding tert-OH is 4. The molecule has 49 heavy (non-hydrogen) atoms. The number of phenols is 2. The van der Waals surface area contributed by atoms with Crippen LogP contribution in [0.3, 0.4) is 0 Å². The summed E-state index contributed by atoms with van der Waals surface area (Å²) in [6.45, 7) is 2.07. The average molecular weight is 708 g/mol. The fraction of sp³-hybridized carbons (Fsp3) is 0.576. The number of likely N-dealkylation sites (tertiary alicyclic amines) is 1. The Balaban J connectivity index is 1.50. The van der Waals surface area contributed by atoms with E-state index in [0.29, 0.717) is 13.1 Å². The maximum atomic E-state index is 13.2. The number of rotatable bonds is 8. The van der Waals surface area contributed by atoms with Gasteiger partial charge in [-0.1, -0.05) is 23.4 Å². The Morgan fingerprint density at radius 3 is 2.55 bits per heavy atom. The van der Waals surface area contributed by atoms with Gasteiger partial charge in [-0.25, -0.2) is 4.79 Å². The van der Waals surface area contributed by atoms with Gasteiger partial charge in [0.15, 0.2) is 6.61 Å². The number of oxime groups is 1. The van der Waals surface area contributed by atoms with Crippen LogP contribution >= 0.6 is 11.8 Å². The monoisotopic (exact) mass is 707 g/mol. The fourth-order valence-corrected chi connectivity index (χ4v) is 6.62. The Kier molecular flexibility index (Phi) is 14.3. The minimum atomic E-state index is -1.56. The number of carbonyl (C=O) groups excluding carboxylic acids is 3.